The van der Waals surface area contributed by atoms with E-state index < -0.39 is 23.9 Å². The topological polar surface area (TPSA) is 122 Å². The Morgan fingerprint density at radius 1 is 1.03 bits per heavy atom. The van der Waals surface area contributed by atoms with Crippen LogP contribution in [0.2, 0.25) is 0 Å². The molecule has 0 aliphatic rings. The van der Waals surface area contributed by atoms with E-state index in [1.807, 2.05) is 19.1 Å². The number of benzene rings is 2. The van der Waals surface area contributed by atoms with Crippen molar-refractivity contribution in [2.45, 2.75) is 19.8 Å². The molecule has 2 aromatic carbocycles. The van der Waals surface area contributed by atoms with E-state index in [0.717, 1.165) is 5.56 Å². The number of aliphatic carboxylic acids is 2. The summed E-state index contributed by atoms with van der Waals surface area (Å²) in [6, 6.07) is 12.2. The standard InChI is InChI=1S/C21H23NO7/c1-13-3-6-16(7-4-13)22-21(27)29-10-9-15-11-14(5-8-18(15)28-2)12-17(19(23)24)20(25)26/h3-8,11,17H,9-10,12H2,1-2H3,(H,22,27)(H,23,24)(H,25,26). The Morgan fingerprint density at radius 3 is 2.28 bits per heavy atom. The molecule has 0 aromatic heterocycles. The Bertz CT molecular complexity index is 863. The predicted octanol–water partition coefficient (Wildman–Crippen LogP) is 3.12. The van der Waals surface area contributed by atoms with Gasteiger partial charge in [-0.2, -0.15) is 0 Å². The van der Waals surface area contributed by atoms with Crippen molar-refractivity contribution >= 4 is 23.7 Å². The summed E-state index contributed by atoms with van der Waals surface area (Å²) >= 11 is 0. The molecule has 8 nitrogen and oxygen atoms in total. The van der Waals surface area contributed by atoms with Gasteiger partial charge >= 0.3 is 18.0 Å². The minimum Gasteiger partial charge on any atom is -0.496 e. The molecule has 29 heavy (non-hydrogen) atoms. The number of hydrogen-bond acceptors (Lipinski definition) is 5. The van der Waals surface area contributed by atoms with Gasteiger partial charge in [0.05, 0.1) is 13.7 Å². The monoisotopic (exact) mass is 401 g/mol. The van der Waals surface area contributed by atoms with Crippen LogP contribution < -0.4 is 10.1 Å². The van der Waals surface area contributed by atoms with Crippen LogP contribution in [0.1, 0.15) is 16.7 Å². The van der Waals surface area contributed by atoms with Crippen molar-refractivity contribution in [1.82, 2.24) is 0 Å². The van der Waals surface area contributed by atoms with Gasteiger partial charge in [0.15, 0.2) is 5.92 Å². The first-order chi connectivity index (χ1) is 13.8. The Morgan fingerprint density at radius 2 is 1.69 bits per heavy atom. The molecule has 0 aliphatic carbocycles. The molecule has 0 aliphatic heterocycles. The first kappa shape index (κ1) is 21.7. The number of methoxy groups -OCH3 is 1. The first-order valence-electron chi connectivity index (χ1n) is 8.92. The maximum atomic E-state index is 11.9. The molecule has 0 fully saturated rings. The van der Waals surface area contributed by atoms with Crippen molar-refractivity contribution in [3.63, 3.8) is 0 Å². The highest BCUT2D eigenvalue weighted by Crippen LogP contribution is 2.22. The van der Waals surface area contributed by atoms with E-state index in [0.29, 0.717) is 29.0 Å². The molecule has 0 spiro atoms. The number of amides is 1. The van der Waals surface area contributed by atoms with Crippen LogP contribution in [-0.2, 0) is 27.2 Å². The number of anilines is 1. The number of carbonyl (C=O) groups excluding carboxylic acids is 1. The number of aryl methyl sites for hydroxylation is 1. The van der Waals surface area contributed by atoms with Gasteiger partial charge in [-0.15, -0.1) is 0 Å². The van der Waals surface area contributed by atoms with Gasteiger partial charge in [0.25, 0.3) is 0 Å². The number of carbonyl (C=O) groups is 3. The lowest BCUT2D eigenvalue weighted by Crippen LogP contribution is -2.25. The molecule has 0 bridgehead atoms. The van der Waals surface area contributed by atoms with E-state index >= 15 is 0 Å². The van der Waals surface area contributed by atoms with Crippen molar-refractivity contribution in [2.24, 2.45) is 5.92 Å². The minimum absolute atomic E-state index is 0.0683. The van der Waals surface area contributed by atoms with Gasteiger partial charge in [-0.05, 0) is 42.7 Å². The van der Waals surface area contributed by atoms with Gasteiger partial charge in [0.1, 0.15) is 5.75 Å². The normalized spacial score (nSPS) is 10.4. The molecule has 0 unspecified atom stereocenters. The van der Waals surface area contributed by atoms with Crippen molar-refractivity contribution in [3.05, 3.63) is 59.2 Å². The van der Waals surface area contributed by atoms with Crippen molar-refractivity contribution in [3.8, 4) is 5.75 Å². The molecular formula is C21H23NO7. The summed E-state index contributed by atoms with van der Waals surface area (Å²) in [5, 5.41) is 20.7. The molecule has 0 saturated carbocycles. The molecular weight excluding hydrogens is 378 g/mol. The second-order valence-corrected chi connectivity index (χ2v) is 6.46. The third-order valence-corrected chi connectivity index (χ3v) is 4.28. The van der Waals surface area contributed by atoms with Gasteiger partial charge in [-0.1, -0.05) is 29.8 Å². The molecule has 154 valence electrons. The average Bonchev–Trinajstić information content (AvgIpc) is 2.67. The Labute approximate surface area is 168 Å². The fourth-order valence-electron chi connectivity index (χ4n) is 2.71. The average molecular weight is 401 g/mol. The quantitative estimate of drug-likeness (QED) is 0.552. The van der Waals surface area contributed by atoms with Crippen LogP contribution >= 0.6 is 0 Å². The molecule has 8 heteroatoms. The van der Waals surface area contributed by atoms with E-state index in [2.05, 4.69) is 5.32 Å². The van der Waals surface area contributed by atoms with Crippen LogP contribution in [0.15, 0.2) is 42.5 Å². The Hall–Kier alpha value is -3.55. The van der Waals surface area contributed by atoms with Crippen molar-refractivity contribution in [2.75, 3.05) is 19.0 Å². The summed E-state index contributed by atoms with van der Waals surface area (Å²) in [5.74, 6) is -3.79. The highest BCUT2D eigenvalue weighted by molar-refractivity contribution is 5.93. The summed E-state index contributed by atoms with van der Waals surface area (Å²) in [6.45, 7) is 2.01. The number of ether oxygens (including phenoxy) is 2. The van der Waals surface area contributed by atoms with Gasteiger partial charge in [0, 0.05) is 12.1 Å². The van der Waals surface area contributed by atoms with E-state index in [1.165, 1.54) is 7.11 Å². The second kappa shape index (κ2) is 10.1. The van der Waals surface area contributed by atoms with Crippen molar-refractivity contribution < 1.29 is 34.1 Å². The summed E-state index contributed by atoms with van der Waals surface area (Å²) < 4.78 is 10.5. The van der Waals surface area contributed by atoms with Crippen LogP contribution in [-0.4, -0.2) is 42.0 Å². The summed E-state index contributed by atoms with van der Waals surface area (Å²) in [6.07, 6.45) is -0.430. The number of carboxylic acid groups (broad SMARTS) is 2. The highest BCUT2D eigenvalue weighted by atomic mass is 16.5. The van der Waals surface area contributed by atoms with E-state index in [9.17, 15) is 14.4 Å². The third kappa shape index (κ3) is 6.53. The minimum atomic E-state index is -1.53. The van der Waals surface area contributed by atoms with Crippen LogP contribution in [0, 0.1) is 12.8 Å². The summed E-state index contributed by atoms with van der Waals surface area (Å²) in [4.78, 5) is 34.1. The molecule has 0 radical (unpaired) electrons. The summed E-state index contributed by atoms with van der Waals surface area (Å²) in [5.41, 5.74) is 2.92. The van der Waals surface area contributed by atoms with E-state index in [4.69, 9.17) is 19.7 Å². The van der Waals surface area contributed by atoms with Gasteiger partial charge < -0.3 is 19.7 Å². The number of hydrogen-bond donors (Lipinski definition) is 3. The third-order valence-electron chi connectivity index (χ3n) is 4.28. The van der Waals surface area contributed by atoms with Crippen LogP contribution in [0.4, 0.5) is 10.5 Å². The van der Waals surface area contributed by atoms with Crippen LogP contribution in [0.3, 0.4) is 0 Å². The van der Waals surface area contributed by atoms with Crippen molar-refractivity contribution in [1.29, 1.82) is 0 Å². The van der Waals surface area contributed by atoms with Gasteiger partial charge in [-0.3, -0.25) is 14.9 Å². The predicted molar refractivity (Wildman–Crippen MR) is 105 cm³/mol. The lowest BCUT2D eigenvalue weighted by Gasteiger charge is -2.13. The molecule has 3 N–H and O–H groups in total. The van der Waals surface area contributed by atoms with Crippen LogP contribution in [0.5, 0.6) is 5.75 Å². The Kier molecular flexibility index (Phi) is 7.59. The fourth-order valence-corrected chi connectivity index (χ4v) is 2.71. The fraction of sp³-hybridized carbons (Fsp3) is 0.286. The molecule has 0 saturated heterocycles. The van der Waals surface area contributed by atoms with E-state index in [-0.39, 0.29) is 13.0 Å². The molecule has 2 aromatic rings. The largest absolute Gasteiger partial charge is 0.496 e. The lowest BCUT2D eigenvalue weighted by molar-refractivity contribution is -0.154. The van der Waals surface area contributed by atoms with Crippen LogP contribution in [0.25, 0.3) is 0 Å². The van der Waals surface area contributed by atoms with Gasteiger partial charge in [0.2, 0.25) is 0 Å². The molecule has 0 heterocycles. The number of rotatable bonds is 9. The second-order valence-electron chi connectivity index (χ2n) is 6.46. The zero-order chi connectivity index (χ0) is 21.4. The first-order valence-corrected chi connectivity index (χ1v) is 8.92. The molecule has 1 amide bonds. The molecule has 2 rings (SSSR count). The maximum absolute atomic E-state index is 11.9. The SMILES string of the molecule is COc1ccc(CC(C(=O)O)C(=O)O)cc1CCOC(=O)Nc1ccc(C)cc1. The number of nitrogens with one attached hydrogen (secondary N) is 1. The number of carboxylic acids is 2. The molecule has 0 atom stereocenters. The Balaban J connectivity index is 1.98. The summed E-state index contributed by atoms with van der Waals surface area (Å²) in [7, 11) is 1.49. The zero-order valence-corrected chi connectivity index (χ0v) is 16.2. The highest BCUT2D eigenvalue weighted by Gasteiger charge is 2.26. The van der Waals surface area contributed by atoms with E-state index in [1.54, 1.807) is 30.3 Å². The van der Waals surface area contributed by atoms with Gasteiger partial charge in [-0.25, -0.2) is 4.79 Å². The maximum Gasteiger partial charge on any atom is 0.411 e. The lowest BCUT2D eigenvalue weighted by atomic mass is 9.97. The zero-order valence-electron chi connectivity index (χ0n) is 16.2. The smallest absolute Gasteiger partial charge is 0.411 e.